The first-order valence-corrected chi connectivity index (χ1v) is 5.20. The van der Waals surface area contributed by atoms with Crippen LogP contribution in [-0.2, 0) is 4.79 Å². The van der Waals surface area contributed by atoms with Crippen molar-refractivity contribution in [3.05, 3.63) is 17.9 Å². The molecule has 1 aliphatic carbocycles. The molecular weight excluding hydrogens is 211 g/mol. The monoisotopic (exact) mass is 222 g/mol. The van der Waals surface area contributed by atoms with E-state index in [0.29, 0.717) is 24.3 Å². The van der Waals surface area contributed by atoms with E-state index in [-0.39, 0.29) is 11.6 Å². The normalized spacial score (nSPS) is 20.7. The molecule has 0 atom stereocenters. The first-order chi connectivity index (χ1) is 7.61. The Bertz CT molecular complexity index is 483. The van der Waals surface area contributed by atoms with Gasteiger partial charge in [0.15, 0.2) is 5.60 Å². The molecule has 1 heterocycles. The molecule has 2 aliphatic rings. The molecule has 0 aromatic heterocycles. The van der Waals surface area contributed by atoms with Crippen LogP contribution in [0.2, 0.25) is 0 Å². The molecule has 1 aromatic rings. The number of nitrogens with two attached hydrogens (primary N) is 1. The van der Waals surface area contributed by atoms with Gasteiger partial charge < -0.3 is 15.8 Å². The standard InChI is InChI=1S/C11H11FN2O2/c12-6-4-9-8(5-7(6)13)14-10(15)11(16-9)2-1-3-11/h4-5H,1-3,13H2,(H,14,15). The minimum Gasteiger partial charge on any atom is -0.475 e. The van der Waals surface area contributed by atoms with Gasteiger partial charge in [-0.1, -0.05) is 0 Å². The molecule has 16 heavy (non-hydrogen) atoms. The number of ether oxygens (including phenoxy) is 1. The number of nitrogen functional groups attached to an aromatic ring is 1. The molecule has 0 unspecified atom stereocenters. The van der Waals surface area contributed by atoms with Crippen molar-refractivity contribution < 1.29 is 13.9 Å². The van der Waals surface area contributed by atoms with Gasteiger partial charge in [-0.3, -0.25) is 4.79 Å². The maximum absolute atomic E-state index is 13.3. The third-order valence-electron chi connectivity index (χ3n) is 3.23. The third kappa shape index (κ3) is 1.11. The molecule has 1 fully saturated rings. The molecule has 3 N–H and O–H groups in total. The lowest BCUT2D eigenvalue weighted by atomic mass is 9.78. The summed E-state index contributed by atoms with van der Waals surface area (Å²) in [7, 11) is 0. The Kier molecular flexibility index (Phi) is 1.70. The molecule has 4 nitrogen and oxygen atoms in total. The van der Waals surface area contributed by atoms with E-state index in [4.69, 9.17) is 10.5 Å². The average molecular weight is 222 g/mol. The van der Waals surface area contributed by atoms with Gasteiger partial charge in [0.2, 0.25) is 0 Å². The van der Waals surface area contributed by atoms with E-state index >= 15 is 0 Å². The van der Waals surface area contributed by atoms with E-state index in [2.05, 4.69) is 5.32 Å². The number of halogens is 1. The van der Waals surface area contributed by atoms with Gasteiger partial charge in [0.05, 0.1) is 11.4 Å². The highest BCUT2D eigenvalue weighted by Gasteiger charge is 2.49. The lowest BCUT2D eigenvalue weighted by molar-refractivity contribution is -0.139. The number of nitrogens with one attached hydrogen (secondary N) is 1. The summed E-state index contributed by atoms with van der Waals surface area (Å²) in [5, 5.41) is 2.71. The lowest BCUT2D eigenvalue weighted by Gasteiger charge is -2.43. The van der Waals surface area contributed by atoms with Crippen molar-refractivity contribution >= 4 is 17.3 Å². The van der Waals surface area contributed by atoms with Gasteiger partial charge >= 0.3 is 0 Å². The van der Waals surface area contributed by atoms with Crippen LogP contribution in [0.15, 0.2) is 12.1 Å². The summed E-state index contributed by atoms with van der Waals surface area (Å²) in [6.07, 6.45) is 2.33. The summed E-state index contributed by atoms with van der Waals surface area (Å²) in [5.41, 5.74) is 5.11. The first kappa shape index (κ1) is 9.45. The summed E-state index contributed by atoms with van der Waals surface area (Å²) in [4.78, 5) is 11.8. The summed E-state index contributed by atoms with van der Waals surface area (Å²) >= 11 is 0. The van der Waals surface area contributed by atoms with Gasteiger partial charge in [0, 0.05) is 6.07 Å². The van der Waals surface area contributed by atoms with Crippen LogP contribution in [0.4, 0.5) is 15.8 Å². The van der Waals surface area contributed by atoms with Crippen molar-refractivity contribution in [3.63, 3.8) is 0 Å². The number of hydrogen-bond acceptors (Lipinski definition) is 3. The predicted molar refractivity (Wildman–Crippen MR) is 56.7 cm³/mol. The SMILES string of the molecule is Nc1cc2c(cc1F)OC1(CCC1)C(=O)N2. The Labute approximate surface area is 91.6 Å². The molecule has 0 bridgehead atoms. The molecule has 0 radical (unpaired) electrons. The molecule has 1 aliphatic heterocycles. The molecule has 0 saturated heterocycles. The Morgan fingerprint density at radius 3 is 2.81 bits per heavy atom. The van der Waals surface area contributed by atoms with Crippen molar-refractivity contribution in [1.82, 2.24) is 0 Å². The minimum atomic E-state index is -0.768. The fourth-order valence-electron chi connectivity index (χ4n) is 2.07. The lowest BCUT2D eigenvalue weighted by Crippen LogP contribution is -2.55. The van der Waals surface area contributed by atoms with Gasteiger partial charge in [0.25, 0.3) is 5.91 Å². The van der Waals surface area contributed by atoms with Crippen LogP contribution in [-0.4, -0.2) is 11.5 Å². The van der Waals surface area contributed by atoms with Gasteiger partial charge in [0.1, 0.15) is 11.6 Å². The number of carbonyl (C=O) groups is 1. The maximum Gasteiger partial charge on any atom is 0.268 e. The highest BCUT2D eigenvalue weighted by molar-refractivity contribution is 6.01. The zero-order valence-electron chi connectivity index (χ0n) is 8.55. The quantitative estimate of drug-likeness (QED) is 0.656. The number of anilines is 2. The smallest absolute Gasteiger partial charge is 0.268 e. The van der Waals surface area contributed by atoms with E-state index in [9.17, 15) is 9.18 Å². The molecule has 84 valence electrons. The van der Waals surface area contributed by atoms with E-state index in [1.165, 1.54) is 12.1 Å². The topological polar surface area (TPSA) is 64.3 Å². The molecule has 3 rings (SSSR count). The maximum atomic E-state index is 13.3. The van der Waals surface area contributed by atoms with Crippen LogP contribution in [0, 0.1) is 5.82 Å². The Morgan fingerprint density at radius 2 is 2.19 bits per heavy atom. The fourth-order valence-corrected chi connectivity index (χ4v) is 2.07. The first-order valence-electron chi connectivity index (χ1n) is 5.20. The van der Waals surface area contributed by atoms with E-state index in [1.807, 2.05) is 0 Å². The Morgan fingerprint density at radius 1 is 1.44 bits per heavy atom. The van der Waals surface area contributed by atoms with Crippen LogP contribution in [0.25, 0.3) is 0 Å². The van der Waals surface area contributed by atoms with Gasteiger partial charge in [-0.05, 0) is 25.3 Å². The van der Waals surface area contributed by atoms with E-state index in [0.717, 1.165) is 6.42 Å². The van der Waals surface area contributed by atoms with E-state index < -0.39 is 11.4 Å². The largest absolute Gasteiger partial charge is 0.475 e. The number of benzene rings is 1. The van der Waals surface area contributed by atoms with Crippen molar-refractivity contribution in [1.29, 1.82) is 0 Å². The summed E-state index contributed by atoms with van der Waals surface area (Å²) < 4.78 is 18.9. The van der Waals surface area contributed by atoms with E-state index in [1.54, 1.807) is 0 Å². The van der Waals surface area contributed by atoms with Crippen molar-refractivity contribution in [2.75, 3.05) is 11.1 Å². The molecule has 1 amide bonds. The molecular formula is C11H11FN2O2. The van der Waals surface area contributed by atoms with Crippen LogP contribution in [0.1, 0.15) is 19.3 Å². The number of amides is 1. The molecule has 5 heteroatoms. The Balaban J connectivity index is 2.05. The number of carbonyl (C=O) groups excluding carboxylic acids is 1. The van der Waals surface area contributed by atoms with Crippen LogP contribution < -0.4 is 15.8 Å². The molecule has 1 spiro atoms. The number of fused-ring (bicyclic) bond motifs is 1. The van der Waals surface area contributed by atoms with Crippen LogP contribution >= 0.6 is 0 Å². The predicted octanol–water partition coefficient (Wildman–Crippen LogP) is 1.66. The molecule has 1 aromatic carbocycles. The average Bonchev–Trinajstić information content (AvgIpc) is 2.17. The highest BCUT2D eigenvalue weighted by atomic mass is 19.1. The second-order valence-electron chi connectivity index (χ2n) is 4.27. The van der Waals surface area contributed by atoms with Crippen LogP contribution in [0.5, 0.6) is 5.75 Å². The van der Waals surface area contributed by atoms with Gasteiger partial charge in [-0.25, -0.2) is 4.39 Å². The third-order valence-corrected chi connectivity index (χ3v) is 3.23. The van der Waals surface area contributed by atoms with Crippen molar-refractivity contribution in [3.8, 4) is 5.75 Å². The van der Waals surface area contributed by atoms with Gasteiger partial charge in [-0.2, -0.15) is 0 Å². The van der Waals surface area contributed by atoms with Crippen molar-refractivity contribution in [2.24, 2.45) is 0 Å². The Hall–Kier alpha value is -1.78. The zero-order valence-corrected chi connectivity index (χ0v) is 8.55. The van der Waals surface area contributed by atoms with Gasteiger partial charge in [-0.15, -0.1) is 0 Å². The summed E-state index contributed by atoms with van der Waals surface area (Å²) in [6, 6.07) is 2.61. The molecule has 1 saturated carbocycles. The summed E-state index contributed by atoms with van der Waals surface area (Å²) in [6.45, 7) is 0. The minimum absolute atomic E-state index is 0.00668. The van der Waals surface area contributed by atoms with Crippen LogP contribution in [0.3, 0.4) is 0 Å². The van der Waals surface area contributed by atoms with Crippen molar-refractivity contribution in [2.45, 2.75) is 24.9 Å². The summed E-state index contributed by atoms with van der Waals surface area (Å²) in [5.74, 6) is -0.312. The number of hydrogen-bond donors (Lipinski definition) is 2. The second-order valence-corrected chi connectivity index (χ2v) is 4.27. The zero-order chi connectivity index (χ0) is 11.3. The fraction of sp³-hybridized carbons (Fsp3) is 0.364. The second kappa shape index (κ2) is 2.87. The highest BCUT2D eigenvalue weighted by Crippen LogP contribution is 2.44. The number of rotatable bonds is 0.